The second kappa shape index (κ2) is 4.82. The molecule has 1 fully saturated rings. The number of carbonyl (C=O) groups is 1. The van der Waals surface area contributed by atoms with Crippen LogP contribution >= 0.6 is 27.3 Å². The number of carbonyl (C=O) groups excluding carboxylic acids is 1. The van der Waals surface area contributed by atoms with Crippen LogP contribution in [0, 0.1) is 0 Å². The van der Waals surface area contributed by atoms with E-state index in [0.29, 0.717) is 18.8 Å². The van der Waals surface area contributed by atoms with Gasteiger partial charge in [0.2, 0.25) is 0 Å². The highest BCUT2D eigenvalue weighted by atomic mass is 79.9. The molecule has 0 aliphatic carbocycles. The third kappa shape index (κ3) is 2.80. The van der Waals surface area contributed by atoms with Crippen molar-refractivity contribution in [2.45, 2.75) is 18.6 Å². The first-order valence-corrected chi connectivity index (χ1v) is 8.26. The lowest BCUT2D eigenvalue weighted by molar-refractivity contribution is 0.0750. The van der Waals surface area contributed by atoms with Crippen molar-refractivity contribution >= 4 is 44.0 Å². The molecule has 1 aliphatic rings. The number of rotatable bonds is 1. The summed E-state index contributed by atoms with van der Waals surface area (Å²) in [6.45, 7) is 5.05. The van der Waals surface area contributed by atoms with E-state index in [4.69, 9.17) is 0 Å². The minimum absolute atomic E-state index is 0.0467. The van der Waals surface area contributed by atoms with Crippen molar-refractivity contribution in [1.29, 1.82) is 0 Å². The highest BCUT2D eigenvalue weighted by molar-refractivity contribution is 9.11. The predicted molar refractivity (Wildman–Crippen MR) is 75.0 cm³/mol. The molecule has 94 valence electrons. The summed E-state index contributed by atoms with van der Waals surface area (Å²) in [7, 11) is -0.839. The fourth-order valence-electron chi connectivity index (χ4n) is 1.84. The van der Waals surface area contributed by atoms with E-state index in [2.05, 4.69) is 15.9 Å². The van der Waals surface area contributed by atoms with Crippen LogP contribution in [-0.4, -0.2) is 38.6 Å². The van der Waals surface area contributed by atoms with Crippen LogP contribution in [0.4, 0.5) is 0 Å². The van der Waals surface area contributed by atoms with Gasteiger partial charge in [-0.2, -0.15) is 0 Å². The maximum Gasteiger partial charge on any atom is 0.264 e. The number of amides is 1. The van der Waals surface area contributed by atoms with Crippen LogP contribution in [0.3, 0.4) is 0 Å². The first-order chi connectivity index (χ1) is 7.90. The van der Waals surface area contributed by atoms with Crippen molar-refractivity contribution in [3.8, 4) is 0 Å². The summed E-state index contributed by atoms with van der Waals surface area (Å²) in [4.78, 5) is 14.8. The zero-order chi connectivity index (χ0) is 12.6. The molecule has 1 aliphatic heterocycles. The lowest BCUT2D eigenvalue weighted by Crippen LogP contribution is -2.51. The second-order valence-electron chi connectivity index (χ2n) is 4.64. The van der Waals surface area contributed by atoms with Crippen LogP contribution in [0.15, 0.2) is 15.9 Å². The summed E-state index contributed by atoms with van der Waals surface area (Å²) in [6, 6.07) is 3.71. The van der Waals surface area contributed by atoms with Gasteiger partial charge in [-0.05, 0) is 41.9 Å². The second-order valence-corrected chi connectivity index (χ2v) is 9.31. The maximum absolute atomic E-state index is 12.2. The van der Waals surface area contributed by atoms with Gasteiger partial charge in [0.25, 0.3) is 5.91 Å². The summed E-state index contributed by atoms with van der Waals surface area (Å²) in [6.07, 6.45) is 0. The van der Waals surface area contributed by atoms with Crippen molar-refractivity contribution in [2.24, 2.45) is 0 Å². The van der Waals surface area contributed by atoms with Gasteiger partial charge in [0.1, 0.15) is 0 Å². The summed E-state index contributed by atoms with van der Waals surface area (Å²) in [5.74, 6) is 0.621. The quantitative estimate of drug-likeness (QED) is 0.790. The van der Waals surface area contributed by atoms with Gasteiger partial charge >= 0.3 is 0 Å². The smallest absolute Gasteiger partial charge is 0.264 e. The van der Waals surface area contributed by atoms with Gasteiger partial charge in [-0.15, -0.1) is 11.3 Å². The van der Waals surface area contributed by atoms with E-state index in [1.165, 1.54) is 11.3 Å². The molecule has 0 unspecified atom stereocenters. The van der Waals surface area contributed by atoms with Gasteiger partial charge < -0.3 is 4.90 Å². The molecule has 0 saturated carbocycles. The molecule has 3 nitrogen and oxygen atoms in total. The number of thiophene rings is 1. The Labute approximate surface area is 116 Å². The Hall–Kier alpha value is -0.200. The molecule has 1 saturated heterocycles. The van der Waals surface area contributed by atoms with Crippen molar-refractivity contribution in [2.75, 3.05) is 18.8 Å². The van der Waals surface area contributed by atoms with Gasteiger partial charge in [0.05, 0.1) is 13.4 Å². The Balaban J connectivity index is 2.14. The Kier molecular flexibility index (Phi) is 3.75. The van der Waals surface area contributed by atoms with Gasteiger partial charge in [0, 0.05) is 29.6 Å². The van der Waals surface area contributed by atoms with Crippen LogP contribution in [-0.2, 0) is 10.8 Å². The van der Waals surface area contributed by atoms with Crippen LogP contribution in [0.25, 0.3) is 0 Å². The highest BCUT2D eigenvalue weighted by Gasteiger charge is 2.35. The average Bonchev–Trinajstić information content (AvgIpc) is 2.68. The summed E-state index contributed by atoms with van der Waals surface area (Å²) >= 11 is 4.80. The summed E-state index contributed by atoms with van der Waals surface area (Å²) < 4.78 is 12.4. The van der Waals surface area contributed by atoms with E-state index < -0.39 is 10.8 Å². The standard InChI is InChI=1S/C11H14BrNO2S2/c1-11(2)7-13(5-6-17(11)15)10(14)8-3-4-9(12)16-8/h3-4H,5-7H2,1-2H3/t17-/m0/s1. The van der Waals surface area contributed by atoms with E-state index in [-0.39, 0.29) is 10.7 Å². The maximum atomic E-state index is 12.2. The lowest BCUT2D eigenvalue weighted by atomic mass is 10.2. The zero-order valence-electron chi connectivity index (χ0n) is 9.73. The van der Waals surface area contributed by atoms with Gasteiger partial charge in [-0.25, -0.2) is 0 Å². The molecule has 1 amide bonds. The summed E-state index contributed by atoms with van der Waals surface area (Å²) in [5, 5.41) is 0. The van der Waals surface area contributed by atoms with Crippen LogP contribution in [0.2, 0.25) is 0 Å². The van der Waals surface area contributed by atoms with E-state index >= 15 is 0 Å². The fourth-order valence-corrected chi connectivity index (χ4v) is 4.43. The van der Waals surface area contributed by atoms with E-state index in [0.717, 1.165) is 8.66 Å². The van der Waals surface area contributed by atoms with Gasteiger partial charge in [0.15, 0.2) is 0 Å². The fraction of sp³-hybridized carbons (Fsp3) is 0.545. The first-order valence-electron chi connectivity index (χ1n) is 5.33. The average molecular weight is 336 g/mol. The molecule has 0 bridgehead atoms. The van der Waals surface area contributed by atoms with E-state index in [1.54, 1.807) is 4.90 Å². The molecule has 2 rings (SSSR count). The van der Waals surface area contributed by atoms with Crippen molar-refractivity contribution in [1.82, 2.24) is 4.90 Å². The Morgan fingerprint density at radius 2 is 2.24 bits per heavy atom. The molecule has 1 aromatic heterocycles. The Morgan fingerprint density at radius 3 is 2.76 bits per heavy atom. The number of hydrogen-bond donors (Lipinski definition) is 0. The Morgan fingerprint density at radius 1 is 1.53 bits per heavy atom. The normalized spacial score (nSPS) is 23.7. The highest BCUT2D eigenvalue weighted by Crippen LogP contribution is 2.26. The first kappa shape index (κ1) is 13.2. The number of halogens is 1. The predicted octanol–water partition coefficient (Wildman–Crippen LogP) is 2.49. The number of nitrogens with zero attached hydrogens (tertiary/aromatic N) is 1. The van der Waals surface area contributed by atoms with Gasteiger partial charge in [-0.3, -0.25) is 9.00 Å². The topological polar surface area (TPSA) is 37.4 Å². The minimum Gasteiger partial charge on any atom is -0.336 e. The van der Waals surface area contributed by atoms with Crippen molar-refractivity contribution < 1.29 is 9.00 Å². The molecule has 1 atom stereocenters. The van der Waals surface area contributed by atoms with Crippen LogP contribution in [0.5, 0.6) is 0 Å². The molecule has 0 spiro atoms. The SMILES string of the molecule is CC1(C)CN(C(=O)c2ccc(Br)s2)CC[S@@]1=O. The molecule has 0 radical (unpaired) electrons. The zero-order valence-corrected chi connectivity index (χ0v) is 13.0. The third-order valence-corrected chi connectivity index (χ3v) is 6.33. The summed E-state index contributed by atoms with van der Waals surface area (Å²) in [5.41, 5.74) is 0. The molecular formula is C11H14BrNO2S2. The molecule has 6 heteroatoms. The molecular weight excluding hydrogens is 322 g/mol. The number of hydrogen-bond acceptors (Lipinski definition) is 3. The van der Waals surface area contributed by atoms with Gasteiger partial charge in [-0.1, -0.05) is 0 Å². The van der Waals surface area contributed by atoms with Crippen molar-refractivity contribution in [3.63, 3.8) is 0 Å². The van der Waals surface area contributed by atoms with E-state index in [9.17, 15) is 9.00 Å². The third-order valence-electron chi connectivity index (χ3n) is 2.81. The lowest BCUT2D eigenvalue weighted by Gasteiger charge is -2.37. The molecule has 0 aromatic carbocycles. The largest absolute Gasteiger partial charge is 0.336 e. The van der Waals surface area contributed by atoms with Crippen LogP contribution < -0.4 is 0 Å². The van der Waals surface area contributed by atoms with Crippen LogP contribution in [0.1, 0.15) is 23.5 Å². The monoisotopic (exact) mass is 335 g/mol. The molecule has 1 aromatic rings. The Bertz CT molecular complexity index is 470. The van der Waals surface area contributed by atoms with Crippen molar-refractivity contribution in [3.05, 3.63) is 20.8 Å². The molecule has 0 N–H and O–H groups in total. The molecule has 2 heterocycles. The molecule has 17 heavy (non-hydrogen) atoms. The minimum atomic E-state index is -0.839. The van der Waals surface area contributed by atoms with E-state index in [1.807, 2.05) is 26.0 Å².